The number of nitrogens with zero attached hydrogens (tertiary/aromatic N) is 5. The van der Waals surface area contributed by atoms with E-state index in [4.69, 9.17) is 9.73 Å². The molecule has 3 aliphatic rings. The van der Waals surface area contributed by atoms with Gasteiger partial charge in [-0.25, -0.2) is 9.79 Å². The molecule has 0 radical (unpaired) electrons. The fourth-order valence-electron chi connectivity index (χ4n) is 5.19. The molecule has 2 atom stereocenters. The Bertz CT molecular complexity index is 1320. The van der Waals surface area contributed by atoms with Crippen molar-refractivity contribution >= 4 is 34.4 Å². The molecular formula is C26H25N5O3. The summed E-state index contributed by atoms with van der Waals surface area (Å²) in [6.45, 7) is 1.63. The topological polar surface area (TPSA) is 68.7 Å². The standard InChI is InChI=1S/C26H25N5O3/c1-28-23-22(30-15-14-29(25(30)27-23)19-10-12-20(34-2)13-11-19)24(32)31(26(28)33)16-18-8-5-7-17-6-3-4-9-21(17)18/h3-13,22-23H,14-16H2,1-2H3. The van der Waals surface area contributed by atoms with Gasteiger partial charge in [0.05, 0.1) is 13.7 Å². The Kier molecular flexibility index (Phi) is 4.69. The number of guanidine groups is 1. The van der Waals surface area contributed by atoms with E-state index in [-0.39, 0.29) is 18.5 Å². The van der Waals surface area contributed by atoms with E-state index in [1.54, 1.807) is 19.1 Å². The number of urea groups is 1. The van der Waals surface area contributed by atoms with Gasteiger partial charge in [0.2, 0.25) is 5.96 Å². The first-order valence-electron chi connectivity index (χ1n) is 11.4. The Labute approximate surface area is 197 Å². The molecule has 0 bridgehead atoms. The number of anilines is 1. The van der Waals surface area contributed by atoms with E-state index in [1.165, 1.54) is 4.90 Å². The lowest BCUT2D eigenvalue weighted by Gasteiger charge is -2.40. The Balaban J connectivity index is 1.30. The number of carbonyl (C=O) groups excluding carboxylic acids is 2. The highest BCUT2D eigenvalue weighted by molar-refractivity contribution is 6.08. The number of rotatable bonds is 4. The zero-order chi connectivity index (χ0) is 23.4. The largest absolute Gasteiger partial charge is 0.497 e. The van der Waals surface area contributed by atoms with E-state index in [1.807, 2.05) is 71.6 Å². The van der Waals surface area contributed by atoms with Crippen LogP contribution in [-0.2, 0) is 11.3 Å². The van der Waals surface area contributed by atoms with Gasteiger partial charge in [-0.1, -0.05) is 42.5 Å². The van der Waals surface area contributed by atoms with Crippen molar-refractivity contribution in [3.05, 3.63) is 72.3 Å². The van der Waals surface area contributed by atoms with Crippen molar-refractivity contribution in [1.29, 1.82) is 0 Å². The zero-order valence-electron chi connectivity index (χ0n) is 19.1. The molecule has 8 heteroatoms. The Morgan fingerprint density at radius 2 is 1.74 bits per heavy atom. The van der Waals surface area contributed by atoms with Crippen LogP contribution in [0.25, 0.3) is 10.8 Å². The second-order valence-corrected chi connectivity index (χ2v) is 8.79. The van der Waals surface area contributed by atoms with Gasteiger partial charge < -0.3 is 19.4 Å². The van der Waals surface area contributed by atoms with Crippen LogP contribution < -0.4 is 9.64 Å². The molecule has 3 aromatic rings. The van der Waals surface area contributed by atoms with Gasteiger partial charge in [-0.3, -0.25) is 9.69 Å². The number of aliphatic imine (C=N–C) groups is 1. The molecule has 2 saturated heterocycles. The molecule has 2 unspecified atom stereocenters. The minimum atomic E-state index is -0.528. The number of fused-ring (bicyclic) bond motifs is 4. The molecule has 3 heterocycles. The third-order valence-electron chi connectivity index (χ3n) is 6.97. The maximum atomic E-state index is 13.7. The maximum Gasteiger partial charge on any atom is 0.328 e. The smallest absolute Gasteiger partial charge is 0.328 e. The van der Waals surface area contributed by atoms with Gasteiger partial charge in [0, 0.05) is 25.8 Å². The highest BCUT2D eigenvalue weighted by Gasteiger charge is 2.54. The molecule has 0 N–H and O–H groups in total. The number of benzene rings is 3. The molecule has 0 spiro atoms. The van der Waals surface area contributed by atoms with Crippen molar-refractivity contribution in [2.45, 2.75) is 18.8 Å². The summed E-state index contributed by atoms with van der Waals surface area (Å²) in [4.78, 5) is 38.9. The van der Waals surface area contributed by atoms with Crippen molar-refractivity contribution in [3.63, 3.8) is 0 Å². The number of amides is 3. The first-order valence-corrected chi connectivity index (χ1v) is 11.4. The molecule has 3 aromatic carbocycles. The van der Waals surface area contributed by atoms with Crippen molar-refractivity contribution in [2.75, 3.05) is 32.1 Å². The number of imide groups is 1. The second kappa shape index (κ2) is 7.76. The molecule has 6 rings (SSSR count). The van der Waals surface area contributed by atoms with Gasteiger partial charge >= 0.3 is 6.03 Å². The summed E-state index contributed by atoms with van der Waals surface area (Å²) in [5.41, 5.74) is 1.93. The molecule has 0 aromatic heterocycles. The minimum Gasteiger partial charge on any atom is -0.497 e. The predicted molar refractivity (Wildman–Crippen MR) is 130 cm³/mol. The first kappa shape index (κ1) is 20.5. The second-order valence-electron chi connectivity index (χ2n) is 8.79. The number of hydrogen-bond donors (Lipinski definition) is 0. The van der Waals surface area contributed by atoms with Gasteiger partial charge in [0.15, 0.2) is 12.2 Å². The number of ether oxygens (including phenoxy) is 1. The lowest BCUT2D eigenvalue weighted by molar-refractivity contribution is -0.137. The number of carbonyl (C=O) groups is 2. The van der Waals surface area contributed by atoms with Crippen LogP contribution in [0.5, 0.6) is 5.75 Å². The molecule has 3 amide bonds. The van der Waals surface area contributed by atoms with Crippen LogP contribution in [0, 0.1) is 0 Å². The van der Waals surface area contributed by atoms with Crippen LogP contribution in [0.15, 0.2) is 71.7 Å². The van der Waals surface area contributed by atoms with Crippen molar-refractivity contribution in [2.24, 2.45) is 4.99 Å². The molecule has 34 heavy (non-hydrogen) atoms. The summed E-state index contributed by atoms with van der Waals surface area (Å²) in [7, 11) is 3.37. The summed E-state index contributed by atoms with van der Waals surface area (Å²) < 4.78 is 5.27. The van der Waals surface area contributed by atoms with Crippen LogP contribution in [0.2, 0.25) is 0 Å². The molecular weight excluding hydrogens is 430 g/mol. The summed E-state index contributed by atoms with van der Waals surface area (Å²) >= 11 is 0. The highest BCUT2D eigenvalue weighted by atomic mass is 16.5. The van der Waals surface area contributed by atoms with Crippen LogP contribution in [0.1, 0.15) is 5.56 Å². The van der Waals surface area contributed by atoms with Crippen molar-refractivity contribution in [1.82, 2.24) is 14.7 Å². The average molecular weight is 456 g/mol. The highest BCUT2D eigenvalue weighted by Crippen LogP contribution is 2.34. The summed E-state index contributed by atoms with van der Waals surface area (Å²) in [6.07, 6.45) is -0.528. The molecule has 0 aliphatic carbocycles. The van der Waals surface area contributed by atoms with E-state index < -0.39 is 12.2 Å². The van der Waals surface area contributed by atoms with Gasteiger partial charge in [0.25, 0.3) is 5.91 Å². The zero-order valence-corrected chi connectivity index (χ0v) is 19.1. The number of likely N-dealkylation sites (N-methyl/N-ethyl adjacent to an activating group) is 1. The van der Waals surface area contributed by atoms with Gasteiger partial charge in [-0.15, -0.1) is 0 Å². The quantitative estimate of drug-likeness (QED) is 0.605. The third kappa shape index (κ3) is 3.02. The van der Waals surface area contributed by atoms with Crippen LogP contribution >= 0.6 is 0 Å². The lowest BCUT2D eigenvalue weighted by atomic mass is 10.0. The fourth-order valence-corrected chi connectivity index (χ4v) is 5.19. The third-order valence-corrected chi connectivity index (χ3v) is 6.97. The molecule has 3 aliphatic heterocycles. The first-order chi connectivity index (χ1) is 16.6. The van der Waals surface area contributed by atoms with E-state index in [0.29, 0.717) is 6.54 Å². The van der Waals surface area contributed by atoms with Crippen LogP contribution in [0.4, 0.5) is 10.5 Å². The van der Waals surface area contributed by atoms with Crippen LogP contribution in [-0.4, -0.2) is 72.1 Å². The Hall–Kier alpha value is -4.07. The minimum absolute atomic E-state index is 0.198. The van der Waals surface area contributed by atoms with E-state index in [9.17, 15) is 9.59 Å². The Morgan fingerprint density at radius 3 is 2.53 bits per heavy atom. The van der Waals surface area contributed by atoms with E-state index in [0.717, 1.165) is 40.3 Å². The number of hydrogen-bond acceptors (Lipinski definition) is 6. The Morgan fingerprint density at radius 1 is 0.971 bits per heavy atom. The molecule has 0 saturated carbocycles. The van der Waals surface area contributed by atoms with Crippen molar-refractivity contribution < 1.29 is 14.3 Å². The lowest BCUT2D eigenvalue weighted by Crippen LogP contribution is -2.64. The fraction of sp³-hybridized carbons (Fsp3) is 0.269. The normalized spacial score (nSPS) is 21.8. The van der Waals surface area contributed by atoms with Gasteiger partial charge in [-0.2, -0.15) is 0 Å². The average Bonchev–Trinajstić information content (AvgIpc) is 3.45. The van der Waals surface area contributed by atoms with Crippen molar-refractivity contribution in [3.8, 4) is 5.75 Å². The summed E-state index contributed by atoms with van der Waals surface area (Å²) in [5.74, 6) is 1.32. The van der Waals surface area contributed by atoms with E-state index in [2.05, 4.69) is 4.90 Å². The SMILES string of the molecule is COc1ccc(N2CCN3C2=NC2C3C(=O)N(Cc3cccc4ccccc34)C(=O)N2C)cc1. The monoisotopic (exact) mass is 455 g/mol. The summed E-state index contributed by atoms with van der Waals surface area (Å²) in [6, 6.07) is 21.0. The number of methoxy groups -OCH3 is 1. The van der Waals surface area contributed by atoms with Crippen LogP contribution in [0.3, 0.4) is 0 Å². The van der Waals surface area contributed by atoms with E-state index >= 15 is 0 Å². The summed E-state index contributed by atoms with van der Waals surface area (Å²) in [5, 5.41) is 2.13. The van der Waals surface area contributed by atoms with Gasteiger partial charge in [-0.05, 0) is 40.6 Å². The molecule has 8 nitrogen and oxygen atoms in total. The maximum absolute atomic E-state index is 13.7. The molecule has 172 valence electrons. The molecule has 2 fully saturated rings. The van der Waals surface area contributed by atoms with Gasteiger partial charge in [0.1, 0.15) is 5.75 Å². The predicted octanol–water partition coefficient (Wildman–Crippen LogP) is 3.13.